The molecule has 1 aromatic carbocycles. The summed E-state index contributed by atoms with van der Waals surface area (Å²) in [5, 5.41) is 2.90. The first kappa shape index (κ1) is 19.9. The third kappa shape index (κ3) is 5.10. The summed E-state index contributed by atoms with van der Waals surface area (Å²) >= 11 is 0. The van der Waals surface area contributed by atoms with Crippen molar-refractivity contribution in [1.29, 1.82) is 0 Å². The molecule has 5 heteroatoms. The lowest BCUT2D eigenvalue weighted by molar-refractivity contribution is -0.140. The van der Waals surface area contributed by atoms with E-state index in [1.807, 2.05) is 29.2 Å². The van der Waals surface area contributed by atoms with Crippen LogP contribution in [0.2, 0.25) is 0 Å². The molecule has 5 nitrogen and oxygen atoms in total. The van der Waals surface area contributed by atoms with Crippen molar-refractivity contribution in [3.8, 4) is 0 Å². The Morgan fingerprint density at radius 3 is 2.41 bits per heavy atom. The quantitative estimate of drug-likeness (QED) is 0.826. The second-order valence-electron chi connectivity index (χ2n) is 8.16. The number of hydrogen-bond donors (Lipinski definition) is 2. The summed E-state index contributed by atoms with van der Waals surface area (Å²) in [4.78, 5) is 27.1. The monoisotopic (exact) mass is 371 g/mol. The van der Waals surface area contributed by atoms with E-state index in [1.165, 1.54) is 13.3 Å². The number of nitrogens with zero attached hydrogens (tertiary/aromatic N) is 1. The van der Waals surface area contributed by atoms with Gasteiger partial charge in [-0.3, -0.25) is 9.59 Å². The minimum absolute atomic E-state index is 0.0409. The molecule has 2 aliphatic rings. The van der Waals surface area contributed by atoms with E-state index in [9.17, 15) is 9.59 Å². The minimum atomic E-state index is -0.0954. The molecule has 2 aliphatic carbocycles. The molecule has 2 atom stereocenters. The maximum Gasteiger partial charge on any atom is 0.226 e. The highest BCUT2D eigenvalue weighted by atomic mass is 16.2. The van der Waals surface area contributed by atoms with Crippen molar-refractivity contribution in [3.05, 3.63) is 29.8 Å². The van der Waals surface area contributed by atoms with E-state index in [-0.39, 0.29) is 29.8 Å². The highest BCUT2D eigenvalue weighted by molar-refractivity contribution is 5.89. The molecular weight excluding hydrogens is 338 g/mol. The number of nitrogens with two attached hydrogens (primary N) is 1. The first-order chi connectivity index (χ1) is 13.1. The van der Waals surface area contributed by atoms with Crippen molar-refractivity contribution < 1.29 is 9.59 Å². The van der Waals surface area contributed by atoms with Gasteiger partial charge in [-0.25, -0.2) is 0 Å². The van der Waals surface area contributed by atoms with Crippen molar-refractivity contribution in [2.45, 2.75) is 83.3 Å². The zero-order valence-electron chi connectivity index (χ0n) is 16.5. The molecule has 3 N–H and O–H groups in total. The molecule has 0 radical (unpaired) electrons. The zero-order chi connectivity index (χ0) is 19.2. The SMILES string of the molecule is CC(=O)Nc1ccccc1CN(C(=O)C1CCCCC1)C1CCCCC1N. The zero-order valence-corrected chi connectivity index (χ0v) is 16.5. The molecule has 1 aromatic rings. The Labute approximate surface area is 162 Å². The Bertz CT molecular complexity index is 655. The molecule has 0 saturated heterocycles. The van der Waals surface area contributed by atoms with Gasteiger partial charge in [-0.1, -0.05) is 50.3 Å². The topological polar surface area (TPSA) is 75.4 Å². The van der Waals surface area contributed by atoms with Crippen LogP contribution in [-0.4, -0.2) is 28.8 Å². The molecule has 3 rings (SSSR count). The average molecular weight is 372 g/mol. The van der Waals surface area contributed by atoms with E-state index >= 15 is 0 Å². The molecule has 0 bridgehead atoms. The van der Waals surface area contributed by atoms with Crippen molar-refractivity contribution in [3.63, 3.8) is 0 Å². The van der Waals surface area contributed by atoms with E-state index in [0.29, 0.717) is 6.54 Å². The summed E-state index contributed by atoms with van der Waals surface area (Å²) in [6.07, 6.45) is 9.72. The van der Waals surface area contributed by atoms with Crippen LogP contribution >= 0.6 is 0 Å². The molecule has 2 saturated carbocycles. The van der Waals surface area contributed by atoms with Gasteiger partial charge in [0.05, 0.1) is 0 Å². The van der Waals surface area contributed by atoms with Crippen molar-refractivity contribution in [2.75, 3.05) is 5.32 Å². The Morgan fingerprint density at radius 1 is 1.04 bits per heavy atom. The number of hydrogen-bond acceptors (Lipinski definition) is 3. The third-order valence-electron chi connectivity index (χ3n) is 6.09. The fourth-order valence-electron chi connectivity index (χ4n) is 4.62. The van der Waals surface area contributed by atoms with E-state index in [1.54, 1.807) is 0 Å². The second-order valence-corrected chi connectivity index (χ2v) is 8.16. The summed E-state index contributed by atoms with van der Waals surface area (Å²) in [6, 6.07) is 7.92. The normalized spacial score (nSPS) is 23.6. The van der Waals surface area contributed by atoms with Crippen molar-refractivity contribution >= 4 is 17.5 Å². The molecule has 0 aromatic heterocycles. The highest BCUT2D eigenvalue weighted by Crippen LogP contribution is 2.31. The third-order valence-corrected chi connectivity index (χ3v) is 6.09. The van der Waals surface area contributed by atoms with E-state index in [4.69, 9.17) is 5.73 Å². The van der Waals surface area contributed by atoms with Gasteiger partial charge in [0.15, 0.2) is 0 Å². The van der Waals surface area contributed by atoms with Crippen LogP contribution in [0.25, 0.3) is 0 Å². The number of rotatable bonds is 5. The number of amides is 2. The van der Waals surface area contributed by atoms with Gasteiger partial charge >= 0.3 is 0 Å². The van der Waals surface area contributed by atoms with Gasteiger partial charge in [-0.15, -0.1) is 0 Å². The lowest BCUT2D eigenvalue weighted by atomic mass is 9.85. The first-order valence-corrected chi connectivity index (χ1v) is 10.5. The highest BCUT2D eigenvalue weighted by Gasteiger charge is 2.35. The molecule has 2 fully saturated rings. The Balaban J connectivity index is 1.85. The van der Waals surface area contributed by atoms with Gasteiger partial charge in [0.1, 0.15) is 0 Å². The Hall–Kier alpha value is -1.88. The number of carbonyl (C=O) groups excluding carboxylic acids is 2. The molecule has 0 spiro atoms. The van der Waals surface area contributed by atoms with Crippen LogP contribution in [0, 0.1) is 5.92 Å². The van der Waals surface area contributed by atoms with Gasteiger partial charge in [-0.05, 0) is 37.3 Å². The van der Waals surface area contributed by atoms with Crippen LogP contribution in [0.5, 0.6) is 0 Å². The largest absolute Gasteiger partial charge is 0.334 e. The van der Waals surface area contributed by atoms with Crippen molar-refractivity contribution in [2.24, 2.45) is 11.7 Å². The molecule has 0 heterocycles. The smallest absolute Gasteiger partial charge is 0.226 e. The number of benzene rings is 1. The Morgan fingerprint density at radius 2 is 1.70 bits per heavy atom. The molecular formula is C22H33N3O2. The fourth-order valence-corrected chi connectivity index (χ4v) is 4.62. The summed E-state index contributed by atoms with van der Waals surface area (Å²) in [7, 11) is 0. The predicted octanol–water partition coefficient (Wildman–Crippen LogP) is 3.82. The number of nitrogens with one attached hydrogen (secondary N) is 1. The van der Waals surface area contributed by atoms with Crippen LogP contribution < -0.4 is 11.1 Å². The van der Waals surface area contributed by atoms with Crippen LogP contribution in [0.15, 0.2) is 24.3 Å². The van der Waals surface area contributed by atoms with Crippen LogP contribution in [0.4, 0.5) is 5.69 Å². The molecule has 27 heavy (non-hydrogen) atoms. The van der Waals surface area contributed by atoms with Crippen LogP contribution in [-0.2, 0) is 16.1 Å². The molecule has 0 aliphatic heterocycles. The van der Waals surface area contributed by atoms with Crippen LogP contribution in [0.3, 0.4) is 0 Å². The second kappa shape index (κ2) is 9.36. The summed E-state index contributed by atoms with van der Waals surface area (Å²) in [6.45, 7) is 2.03. The van der Waals surface area contributed by atoms with Gasteiger partial charge in [-0.2, -0.15) is 0 Å². The lowest BCUT2D eigenvalue weighted by Crippen LogP contribution is -2.53. The van der Waals surface area contributed by atoms with Gasteiger partial charge < -0.3 is 16.0 Å². The summed E-state index contributed by atoms with van der Waals surface area (Å²) in [5.41, 5.74) is 8.22. The Kier molecular flexibility index (Phi) is 6.89. The van der Waals surface area contributed by atoms with E-state index in [2.05, 4.69) is 5.32 Å². The van der Waals surface area contributed by atoms with E-state index < -0.39 is 0 Å². The standard InChI is InChI=1S/C22H33N3O2/c1-16(26)24-20-13-7-5-11-18(20)15-25(21-14-8-6-12-19(21)23)22(27)17-9-3-2-4-10-17/h5,7,11,13,17,19,21H,2-4,6,8-10,12,14-15,23H2,1H3,(H,24,26). The van der Waals surface area contributed by atoms with E-state index in [0.717, 1.165) is 62.6 Å². The molecule has 2 unspecified atom stereocenters. The number of carbonyl (C=O) groups is 2. The number of anilines is 1. The fraction of sp³-hybridized carbons (Fsp3) is 0.636. The maximum absolute atomic E-state index is 13.5. The van der Waals surface area contributed by atoms with Gasteiger partial charge in [0, 0.05) is 37.2 Å². The summed E-state index contributed by atoms with van der Waals surface area (Å²) < 4.78 is 0. The average Bonchev–Trinajstić information content (AvgIpc) is 2.68. The maximum atomic E-state index is 13.5. The lowest BCUT2D eigenvalue weighted by Gasteiger charge is -2.41. The minimum Gasteiger partial charge on any atom is -0.334 e. The molecule has 2 amide bonds. The van der Waals surface area contributed by atoms with Crippen molar-refractivity contribution in [1.82, 2.24) is 4.90 Å². The van der Waals surface area contributed by atoms with Crippen LogP contribution in [0.1, 0.15) is 70.3 Å². The molecule has 148 valence electrons. The number of para-hydroxylation sites is 1. The summed E-state index contributed by atoms with van der Waals surface area (Å²) in [5.74, 6) is 0.289. The predicted molar refractivity (Wildman–Crippen MR) is 108 cm³/mol. The van der Waals surface area contributed by atoms with Gasteiger partial charge in [0.2, 0.25) is 11.8 Å². The first-order valence-electron chi connectivity index (χ1n) is 10.5. The van der Waals surface area contributed by atoms with Gasteiger partial charge in [0.25, 0.3) is 0 Å².